The molecule has 1 saturated heterocycles. The number of aromatic nitrogens is 5. The molecular weight excluding hydrogens is 328 g/mol. The monoisotopic (exact) mass is 344 g/mol. The minimum atomic E-state index is -0.0545. The van der Waals surface area contributed by atoms with Crippen LogP contribution in [0.1, 0.15) is 0 Å². The topological polar surface area (TPSA) is 91.6 Å². The first-order valence-electron chi connectivity index (χ1n) is 7.62. The number of hydrogen-bond donors (Lipinski definition) is 1. The van der Waals surface area contributed by atoms with Crippen molar-refractivity contribution in [3.63, 3.8) is 0 Å². The third-order valence-corrected chi connectivity index (χ3v) is 4.59. The van der Waals surface area contributed by atoms with Gasteiger partial charge in [0.15, 0.2) is 5.65 Å². The molecule has 0 unspecified atom stereocenters. The maximum atomic E-state index is 12.0. The van der Waals surface area contributed by atoms with Crippen LogP contribution in [0.4, 0.5) is 10.9 Å². The number of pyridine rings is 1. The van der Waals surface area contributed by atoms with E-state index in [1.54, 1.807) is 11.8 Å². The average Bonchev–Trinajstić information content (AvgIpc) is 3.26. The summed E-state index contributed by atoms with van der Waals surface area (Å²) in [5.74, 6) is 1.02. The van der Waals surface area contributed by atoms with Crippen LogP contribution in [0.25, 0.3) is 5.65 Å². The van der Waals surface area contributed by atoms with Gasteiger partial charge >= 0.3 is 0 Å². The van der Waals surface area contributed by atoms with Crippen molar-refractivity contribution in [2.24, 2.45) is 0 Å². The summed E-state index contributed by atoms with van der Waals surface area (Å²) < 4.78 is 1.98. The molecule has 1 aliphatic heterocycles. The first-order chi connectivity index (χ1) is 11.8. The van der Waals surface area contributed by atoms with E-state index in [-0.39, 0.29) is 5.91 Å². The molecule has 0 saturated carbocycles. The predicted molar refractivity (Wildman–Crippen MR) is 90.2 cm³/mol. The molecule has 0 aliphatic carbocycles. The normalized spacial score (nSPS) is 15.8. The summed E-state index contributed by atoms with van der Waals surface area (Å²) in [5.41, 5.74) is 2.44. The lowest BCUT2D eigenvalue weighted by molar-refractivity contribution is -0.117. The van der Waals surface area contributed by atoms with Gasteiger partial charge in [0.1, 0.15) is 17.7 Å². The number of hydrogen-bond acceptors (Lipinski definition) is 8. The molecule has 3 aromatic heterocycles. The fourth-order valence-electron chi connectivity index (χ4n) is 2.82. The molecule has 0 spiro atoms. The fraction of sp³-hybridized carbons (Fsp3) is 0.357. The van der Waals surface area contributed by atoms with Crippen LogP contribution in [0, 0.1) is 0 Å². The highest BCUT2D eigenvalue weighted by atomic mass is 32.1. The lowest BCUT2D eigenvalue weighted by atomic mass is 10.3. The van der Waals surface area contributed by atoms with E-state index in [2.05, 4.69) is 41.6 Å². The Balaban J connectivity index is 1.35. The van der Waals surface area contributed by atoms with Crippen molar-refractivity contribution in [2.75, 3.05) is 42.9 Å². The van der Waals surface area contributed by atoms with Gasteiger partial charge in [-0.3, -0.25) is 19.4 Å². The van der Waals surface area contributed by atoms with Crippen molar-refractivity contribution in [1.82, 2.24) is 29.7 Å². The van der Waals surface area contributed by atoms with Gasteiger partial charge in [0, 0.05) is 26.2 Å². The molecule has 1 amide bonds. The van der Waals surface area contributed by atoms with Crippen LogP contribution < -0.4 is 10.2 Å². The average molecular weight is 344 g/mol. The minimum Gasteiger partial charge on any atom is -0.355 e. The SMILES string of the molecule is O=C(CN1CCN(c2cccc3nncn23)CC1)Nc1nncs1. The lowest BCUT2D eigenvalue weighted by Crippen LogP contribution is -2.49. The van der Waals surface area contributed by atoms with Crippen molar-refractivity contribution < 1.29 is 4.79 Å². The van der Waals surface area contributed by atoms with Crippen molar-refractivity contribution in [1.29, 1.82) is 0 Å². The highest BCUT2D eigenvalue weighted by molar-refractivity contribution is 7.13. The number of carbonyl (C=O) groups excluding carboxylic acids is 1. The summed E-state index contributed by atoms with van der Waals surface area (Å²) in [6.45, 7) is 3.71. The zero-order chi connectivity index (χ0) is 16.4. The Hall–Kier alpha value is -2.59. The third kappa shape index (κ3) is 3.05. The Morgan fingerprint density at radius 2 is 2.04 bits per heavy atom. The quantitative estimate of drug-likeness (QED) is 0.730. The second-order valence-electron chi connectivity index (χ2n) is 5.50. The standard InChI is InChI=1S/C14H16N8OS/c23-12(17-14-19-16-10-24-14)8-20-4-6-21(7-5-20)13-3-1-2-11-18-15-9-22(11)13/h1-3,9-10H,4-8H2,(H,17,19,23). The number of anilines is 2. The summed E-state index contributed by atoms with van der Waals surface area (Å²) in [4.78, 5) is 16.4. The van der Waals surface area contributed by atoms with Gasteiger partial charge in [-0.25, -0.2) is 0 Å². The van der Waals surface area contributed by atoms with Crippen molar-refractivity contribution in [3.8, 4) is 0 Å². The number of nitrogens with one attached hydrogen (secondary N) is 1. The van der Waals surface area contributed by atoms with E-state index >= 15 is 0 Å². The summed E-state index contributed by atoms with van der Waals surface area (Å²) in [7, 11) is 0. The maximum Gasteiger partial charge on any atom is 0.240 e. The highest BCUT2D eigenvalue weighted by Crippen LogP contribution is 2.17. The van der Waals surface area contributed by atoms with E-state index in [0.29, 0.717) is 11.7 Å². The molecule has 1 N–H and O–H groups in total. The molecule has 1 fully saturated rings. The zero-order valence-corrected chi connectivity index (χ0v) is 13.7. The van der Waals surface area contributed by atoms with Crippen LogP contribution in [0.2, 0.25) is 0 Å². The van der Waals surface area contributed by atoms with Crippen LogP contribution in [-0.2, 0) is 4.79 Å². The number of rotatable bonds is 4. The van der Waals surface area contributed by atoms with Gasteiger partial charge in [-0.1, -0.05) is 17.4 Å². The van der Waals surface area contributed by atoms with Gasteiger partial charge in [-0.05, 0) is 12.1 Å². The third-order valence-electron chi connectivity index (χ3n) is 3.98. The van der Waals surface area contributed by atoms with E-state index in [4.69, 9.17) is 0 Å². The second-order valence-corrected chi connectivity index (χ2v) is 6.33. The van der Waals surface area contributed by atoms with Crippen molar-refractivity contribution in [2.45, 2.75) is 0 Å². The molecule has 124 valence electrons. The molecule has 0 bridgehead atoms. The molecule has 0 aromatic carbocycles. The molecule has 4 rings (SSSR count). The molecule has 4 heterocycles. The van der Waals surface area contributed by atoms with Gasteiger partial charge in [-0.15, -0.1) is 20.4 Å². The highest BCUT2D eigenvalue weighted by Gasteiger charge is 2.21. The van der Waals surface area contributed by atoms with E-state index in [1.807, 2.05) is 16.5 Å². The fourth-order valence-corrected chi connectivity index (χ4v) is 3.28. The summed E-state index contributed by atoms with van der Waals surface area (Å²) >= 11 is 1.32. The number of fused-ring (bicyclic) bond motifs is 1. The van der Waals surface area contributed by atoms with Crippen molar-refractivity contribution >= 4 is 33.8 Å². The Morgan fingerprint density at radius 3 is 2.83 bits per heavy atom. The Bertz CT molecular complexity index is 824. The maximum absolute atomic E-state index is 12.0. The van der Waals surface area contributed by atoms with E-state index in [9.17, 15) is 4.79 Å². The van der Waals surface area contributed by atoms with Gasteiger partial charge in [0.25, 0.3) is 0 Å². The summed E-state index contributed by atoms with van der Waals surface area (Å²) in [6, 6.07) is 5.99. The number of piperazine rings is 1. The summed E-state index contributed by atoms with van der Waals surface area (Å²) in [5, 5.41) is 18.9. The Kier molecular flexibility index (Phi) is 4.05. The van der Waals surface area contributed by atoms with Crippen LogP contribution in [0.3, 0.4) is 0 Å². The molecule has 10 heteroatoms. The first-order valence-corrected chi connectivity index (χ1v) is 8.49. The molecule has 9 nitrogen and oxygen atoms in total. The van der Waals surface area contributed by atoms with E-state index in [0.717, 1.165) is 37.6 Å². The van der Waals surface area contributed by atoms with Gasteiger partial charge in [0.05, 0.1) is 6.54 Å². The molecule has 1 aliphatic rings. The predicted octanol–water partition coefficient (Wildman–Crippen LogP) is 0.341. The van der Waals surface area contributed by atoms with Crippen LogP contribution in [0.5, 0.6) is 0 Å². The van der Waals surface area contributed by atoms with Crippen LogP contribution in [0.15, 0.2) is 30.0 Å². The van der Waals surface area contributed by atoms with Gasteiger partial charge in [0.2, 0.25) is 11.0 Å². The number of amides is 1. The molecule has 0 radical (unpaired) electrons. The number of nitrogens with zero attached hydrogens (tertiary/aromatic N) is 7. The number of carbonyl (C=O) groups is 1. The van der Waals surface area contributed by atoms with Crippen LogP contribution >= 0.6 is 11.3 Å². The van der Waals surface area contributed by atoms with E-state index in [1.165, 1.54) is 11.3 Å². The minimum absolute atomic E-state index is 0.0545. The molecule has 0 atom stereocenters. The van der Waals surface area contributed by atoms with Crippen molar-refractivity contribution in [3.05, 3.63) is 30.0 Å². The van der Waals surface area contributed by atoms with Gasteiger partial charge in [-0.2, -0.15) is 0 Å². The Morgan fingerprint density at radius 1 is 1.17 bits per heavy atom. The largest absolute Gasteiger partial charge is 0.355 e. The smallest absolute Gasteiger partial charge is 0.240 e. The first kappa shape index (κ1) is 15.0. The lowest BCUT2D eigenvalue weighted by Gasteiger charge is -2.35. The zero-order valence-electron chi connectivity index (χ0n) is 12.9. The molecule has 3 aromatic rings. The molecular formula is C14H16N8OS. The van der Waals surface area contributed by atoms with E-state index < -0.39 is 0 Å². The van der Waals surface area contributed by atoms with Crippen LogP contribution in [-0.4, -0.2) is 68.3 Å². The second kappa shape index (κ2) is 6.49. The van der Waals surface area contributed by atoms with Gasteiger partial charge < -0.3 is 4.90 Å². The Labute approximate surface area is 141 Å². The summed E-state index contributed by atoms with van der Waals surface area (Å²) in [6.07, 6.45) is 1.73. The molecule has 24 heavy (non-hydrogen) atoms.